The second-order valence-corrected chi connectivity index (χ2v) is 8.79. The molecule has 0 bridgehead atoms. The van der Waals surface area contributed by atoms with Crippen molar-refractivity contribution >= 4 is 54.8 Å². The summed E-state index contributed by atoms with van der Waals surface area (Å²) in [6.45, 7) is 1.46. The number of nitrogens with one attached hydrogen (secondary N) is 1. The molecule has 0 heterocycles. The number of hydrogen-bond donors (Lipinski definition) is 1. The highest BCUT2D eigenvalue weighted by Crippen LogP contribution is 2.28. The maximum Gasteiger partial charge on any atom is 0.245 e. The fraction of sp³-hybridized carbons (Fsp3) is 0.235. The van der Waals surface area contributed by atoms with Gasteiger partial charge in [0.1, 0.15) is 12.3 Å². The van der Waals surface area contributed by atoms with Crippen LogP contribution in [0.15, 0.2) is 40.9 Å². The van der Waals surface area contributed by atoms with Gasteiger partial charge in [0.15, 0.2) is 0 Å². The zero-order chi connectivity index (χ0) is 19.5. The largest absolute Gasteiger partial charge is 0.495 e. The van der Waals surface area contributed by atoms with Gasteiger partial charge >= 0.3 is 0 Å². The van der Waals surface area contributed by atoms with Crippen molar-refractivity contribution in [2.45, 2.75) is 6.92 Å². The number of anilines is 2. The number of aryl methyl sites for hydroxylation is 1. The number of carbonyl (C=O) groups excluding carboxylic acids is 1. The molecule has 0 fully saturated rings. The van der Waals surface area contributed by atoms with Crippen molar-refractivity contribution in [3.05, 3.63) is 51.5 Å². The number of nitrogens with zero attached hydrogens (tertiary/aromatic N) is 1. The van der Waals surface area contributed by atoms with E-state index in [-0.39, 0.29) is 6.54 Å². The average molecular weight is 462 g/mol. The Hall–Kier alpha value is -1.77. The number of carbonyl (C=O) groups is 1. The molecule has 1 amide bonds. The van der Waals surface area contributed by atoms with Gasteiger partial charge < -0.3 is 10.1 Å². The SMILES string of the molecule is COc1ccc(Cl)cc1NC(=O)CN(c1ccc(Br)c(C)c1)S(C)(=O)=O. The Bertz CT molecular complexity index is 934. The van der Waals surface area contributed by atoms with Crippen LogP contribution < -0.4 is 14.4 Å². The Balaban J connectivity index is 2.28. The number of halogens is 2. The lowest BCUT2D eigenvalue weighted by Gasteiger charge is -2.23. The molecule has 0 saturated carbocycles. The van der Waals surface area contributed by atoms with E-state index in [9.17, 15) is 13.2 Å². The summed E-state index contributed by atoms with van der Waals surface area (Å²) in [6, 6.07) is 9.84. The normalized spacial score (nSPS) is 11.1. The van der Waals surface area contributed by atoms with E-state index < -0.39 is 15.9 Å². The van der Waals surface area contributed by atoms with Crippen molar-refractivity contribution in [3.63, 3.8) is 0 Å². The third-order valence-electron chi connectivity index (χ3n) is 3.55. The zero-order valence-corrected chi connectivity index (χ0v) is 17.6. The Kier molecular flexibility index (Phi) is 6.54. The van der Waals surface area contributed by atoms with Crippen molar-refractivity contribution in [3.8, 4) is 5.75 Å². The highest BCUT2D eigenvalue weighted by atomic mass is 79.9. The van der Waals surface area contributed by atoms with E-state index in [2.05, 4.69) is 21.2 Å². The number of benzene rings is 2. The molecular formula is C17H18BrClN2O4S. The van der Waals surface area contributed by atoms with E-state index >= 15 is 0 Å². The van der Waals surface area contributed by atoms with E-state index in [0.717, 1.165) is 20.6 Å². The van der Waals surface area contributed by atoms with Crippen LogP contribution in [-0.2, 0) is 14.8 Å². The molecule has 0 radical (unpaired) electrons. The van der Waals surface area contributed by atoms with Crippen molar-refractivity contribution < 1.29 is 17.9 Å². The number of ether oxygens (including phenoxy) is 1. The molecule has 0 atom stereocenters. The van der Waals surface area contributed by atoms with Gasteiger partial charge in [-0.3, -0.25) is 9.10 Å². The zero-order valence-electron chi connectivity index (χ0n) is 14.4. The fourth-order valence-electron chi connectivity index (χ4n) is 2.28. The molecule has 0 unspecified atom stereocenters. The van der Waals surface area contributed by atoms with Gasteiger partial charge in [0.05, 0.1) is 24.7 Å². The topological polar surface area (TPSA) is 75.7 Å². The quantitative estimate of drug-likeness (QED) is 0.709. The van der Waals surface area contributed by atoms with Crippen LogP contribution in [0.4, 0.5) is 11.4 Å². The number of sulfonamides is 1. The molecule has 140 valence electrons. The summed E-state index contributed by atoms with van der Waals surface area (Å²) in [7, 11) is -2.19. The average Bonchev–Trinajstić information content (AvgIpc) is 2.54. The Morgan fingerprint density at radius 3 is 2.54 bits per heavy atom. The number of methoxy groups -OCH3 is 1. The molecule has 0 aliphatic heterocycles. The summed E-state index contributed by atoms with van der Waals surface area (Å²) in [5.41, 5.74) is 1.62. The smallest absolute Gasteiger partial charge is 0.245 e. The summed E-state index contributed by atoms with van der Waals surface area (Å²) in [5.74, 6) is -0.0929. The lowest BCUT2D eigenvalue weighted by Crippen LogP contribution is -2.37. The van der Waals surface area contributed by atoms with E-state index in [1.165, 1.54) is 13.2 Å². The predicted molar refractivity (Wildman–Crippen MR) is 108 cm³/mol. The van der Waals surface area contributed by atoms with Crippen LogP contribution in [0.25, 0.3) is 0 Å². The monoisotopic (exact) mass is 460 g/mol. The van der Waals surface area contributed by atoms with Gasteiger partial charge in [-0.25, -0.2) is 8.42 Å². The first kappa shape index (κ1) is 20.5. The van der Waals surface area contributed by atoms with E-state index in [1.807, 2.05) is 6.92 Å². The predicted octanol–water partition coefficient (Wildman–Crippen LogP) is 3.82. The molecule has 2 aromatic carbocycles. The lowest BCUT2D eigenvalue weighted by molar-refractivity contribution is -0.114. The van der Waals surface area contributed by atoms with Gasteiger partial charge in [-0.05, 0) is 48.9 Å². The molecule has 9 heteroatoms. The minimum absolute atomic E-state index is 0.366. The van der Waals surface area contributed by atoms with Gasteiger partial charge in [-0.2, -0.15) is 0 Å². The summed E-state index contributed by atoms with van der Waals surface area (Å²) in [4.78, 5) is 12.4. The van der Waals surface area contributed by atoms with E-state index in [4.69, 9.17) is 16.3 Å². The van der Waals surface area contributed by atoms with Crippen LogP contribution >= 0.6 is 27.5 Å². The first-order valence-electron chi connectivity index (χ1n) is 7.49. The number of hydrogen-bond acceptors (Lipinski definition) is 4. The lowest BCUT2D eigenvalue weighted by atomic mass is 10.2. The highest BCUT2D eigenvalue weighted by Gasteiger charge is 2.22. The molecule has 1 N–H and O–H groups in total. The third-order valence-corrected chi connectivity index (χ3v) is 5.82. The first-order chi connectivity index (χ1) is 12.1. The molecule has 0 aliphatic carbocycles. The second-order valence-electron chi connectivity index (χ2n) is 5.60. The van der Waals surface area contributed by atoms with Gasteiger partial charge in [0, 0.05) is 9.50 Å². The fourth-order valence-corrected chi connectivity index (χ4v) is 3.55. The van der Waals surface area contributed by atoms with Gasteiger partial charge in [-0.1, -0.05) is 27.5 Å². The van der Waals surface area contributed by atoms with E-state index in [1.54, 1.807) is 30.3 Å². The van der Waals surface area contributed by atoms with Crippen LogP contribution in [0.3, 0.4) is 0 Å². The molecular weight excluding hydrogens is 444 g/mol. The summed E-state index contributed by atoms with van der Waals surface area (Å²) in [6.07, 6.45) is 1.05. The molecule has 26 heavy (non-hydrogen) atoms. The molecule has 0 aliphatic rings. The minimum Gasteiger partial charge on any atom is -0.495 e. The summed E-state index contributed by atoms with van der Waals surface area (Å²) in [5, 5.41) is 3.06. The number of amides is 1. The number of rotatable bonds is 6. The third kappa shape index (κ3) is 5.12. The van der Waals surface area contributed by atoms with Crippen LogP contribution in [0.1, 0.15) is 5.56 Å². The van der Waals surface area contributed by atoms with Crippen LogP contribution in [0.2, 0.25) is 5.02 Å². The summed E-state index contributed by atoms with van der Waals surface area (Å²) < 4.78 is 31.4. The Morgan fingerprint density at radius 2 is 1.96 bits per heavy atom. The van der Waals surface area contributed by atoms with Crippen LogP contribution in [0, 0.1) is 6.92 Å². The summed E-state index contributed by atoms with van der Waals surface area (Å²) >= 11 is 9.32. The van der Waals surface area contributed by atoms with Crippen molar-refractivity contribution in [1.29, 1.82) is 0 Å². The molecule has 0 spiro atoms. The maximum absolute atomic E-state index is 12.4. The molecule has 6 nitrogen and oxygen atoms in total. The first-order valence-corrected chi connectivity index (χ1v) is 10.5. The maximum atomic E-state index is 12.4. The second kappa shape index (κ2) is 8.28. The minimum atomic E-state index is -3.66. The van der Waals surface area contributed by atoms with Crippen molar-refractivity contribution in [1.82, 2.24) is 0 Å². The standard InChI is InChI=1S/C17H18BrClN2O4S/c1-11-8-13(5-6-14(11)18)21(26(3,23)24)10-17(22)20-15-9-12(19)4-7-16(15)25-2/h4-9H,10H2,1-3H3,(H,20,22). The van der Waals surface area contributed by atoms with Gasteiger partial charge in [0.25, 0.3) is 0 Å². The highest BCUT2D eigenvalue weighted by molar-refractivity contribution is 9.10. The van der Waals surface area contributed by atoms with Crippen LogP contribution in [0.5, 0.6) is 5.75 Å². The van der Waals surface area contributed by atoms with Gasteiger partial charge in [-0.15, -0.1) is 0 Å². The van der Waals surface area contributed by atoms with Crippen molar-refractivity contribution in [2.75, 3.05) is 29.5 Å². The Labute approximate surface area is 166 Å². The van der Waals surface area contributed by atoms with Crippen LogP contribution in [-0.4, -0.2) is 34.2 Å². The van der Waals surface area contributed by atoms with E-state index in [0.29, 0.717) is 22.1 Å². The Morgan fingerprint density at radius 1 is 1.27 bits per heavy atom. The molecule has 0 aromatic heterocycles. The molecule has 2 rings (SSSR count). The molecule has 0 saturated heterocycles. The van der Waals surface area contributed by atoms with Crippen molar-refractivity contribution in [2.24, 2.45) is 0 Å². The molecule has 2 aromatic rings. The van der Waals surface area contributed by atoms with Gasteiger partial charge in [0.2, 0.25) is 15.9 Å².